The molecule has 0 spiro atoms. The van der Waals surface area contributed by atoms with Gasteiger partial charge in [-0.25, -0.2) is 0 Å². The molecule has 6 heteroatoms. The number of thioether (sulfide) groups is 1. The van der Waals surface area contributed by atoms with Gasteiger partial charge in [-0.2, -0.15) is 11.8 Å². The van der Waals surface area contributed by atoms with Gasteiger partial charge in [0.05, 0.1) is 4.92 Å². The summed E-state index contributed by atoms with van der Waals surface area (Å²) in [4.78, 5) is 10.4. The van der Waals surface area contributed by atoms with Crippen molar-refractivity contribution in [1.82, 2.24) is 0 Å². The molecule has 0 aliphatic carbocycles. The van der Waals surface area contributed by atoms with Crippen LogP contribution >= 0.6 is 11.8 Å². The Morgan fingerprint density at radius 1 is 1.35 bits per heavy atom. The van der Waals surface area contributed by atoms with Crippen molar-refractivity contribution in [2.75, 3.05) is 36.2 Å². The molecular formula is C11H17N3O2S. The van der Waals surface area contributed by atoms with E-state index >= 15 is 0 Å². The van der Waals surface area contributed by atoms with Crippen molar-refractivity contribution in [1.29, 1.82) is 0 Å². The van der Waals surface area contributed by atoms with Gasteiger partial charge in [0.15, 0.2) is 0 Å². The molecule has 0 aliphatic heterocycles. The summed E-state index contributed by atoms with van der Waals surface area (Å²) in [7, 11) is 1.75. The van der Waals surface area contributed by atoms with E-state index < -0.39 is 0 Å². The van der Waals surface area contributed by atoms with Crippen molar-refractivity contribution >= 4 is 28.8 Å². The summed E-state index contributed by atoms with van der Waals surface area (Å²) in [5.74, 6) is 1.08. The van der Waals surface area contributed by atoms with E-state index in [2.05, 4.69) is 16.9 Å². The highest BCUT2D eigenvalue weighted by atomic mass is 32.2. The van der Waals surface area contributed by atoms with Crippen LogP contribution in [-0.4, -0.2) is 30.5 Å². The second-order valence-electron chi connectivity index (χ2n) is 3.55. The highest BCUT2D eigenvalue weighted by molar-refractivity contribution is 7.98. The molecule has 0 atom stereocenters. The first kappa shape index (κ1) is 13.6. The molecule has 1 aromatic carbocycles. The van der Waals surface area contributed by atoms with Crippen LogP contribution in [0.4, 0.5) is 17.1 Å². The Morgan fingerprint density at radius 3 is 2.65 bits per heavy atom. The molecule has 94 valence electrons. The van der Waals surface area contributed by atoms with Gasteiger partial charge in [-0.15, -0.1) is 0 Å². The number of benzene rings is 1. The van der Waals surface area contributed by atoms with Gasteiger partial charge in [-0.3, -0.25) is 10.1 Å². The first-order valence-corrected chi connectivity index (χ1v) is 6.77. The van der Waals surface area contributed by atoms with E-state index in [4.69, 9.17) is 0 Å². The average Bonchev–Trinajstić information content (AvgIpc) is 2.34. The highest BCUT2D eigenvalue weighted by Gasteiger charge is 2.08. The van der Waals surface area contributed by atoms with Crippen LogP contribution in [-0.2, 0) is 0 Å². The lowest BCUT2D eigenvalue weighted by Gasteiger charge is -2.08. The maximum atomic E-state index is 10.7. The zero-order chi connectivity index (χ0) is 12.7. The summed E-state index contributed by atoms with van der Waals surface area (Å²) in [5, 5.41) is 16.9. The molecule has 2 N–H and O–H groups in total. The van der Waals surface area contributed by atoms with E-state index in [1.165, 1.54) is 6.07 Å². The summed E-state index contributed by atoms with van der Waals surface area (Å²) in [6, 6.07) is 4.94. The SMILES string of the molecule is CNc1cc(NCCCSC)cc([N+](=O)[O-])c1. The Kier molecular flexibility index (Phi) is 5.62. The Bertz CT molecular complexity index is 385. The van der Waals surface area contributed by atoms with Crippen molar-refractivity contribution < 1.29 is 4.92 Å². The third kappa shape index (κ3) is 4.52. The van der Waals surface area contributed by atoms with Crippen LogP contribution in [0.25, 0.3) is 0 Å². The van der Waals surface area contributed by atoms with Crippen molar-refractivity contribution in [3.8, 4) is 0 Å². The molecule has 1 rings (SSSR count). The first-order valence-electron chi connectivity index (χ1n) is 5.37. The quantitative estimate of drug-likeness (QED) is 0.445. The number of anilines is 2. The number of hydrogen-bond donors (Lipinski definition) is 2. The first-order chi connectivity index (χ1) is 8.17. The van der Waals surface area contributed by atoms with Gasteiger partial charge in [0.25, 0.3) is 5.69 Å². The summed E-state index contributed by atoms with van der Waals surface area (Å²) >= 11 is 1.79. The van der Waals surface area contributed by atoms with E-state index in [0.29, 0.717) is 0 Å². The third-order valence-corrected chi connectivity index (χ3v) is 2.97. The molecule has 0 saturated heterocycles. The van der Waals surface area contributed by atoms with E-state index in [1.807, 2.05) is 6.07 Å². The van der Waals surface area contributed by atoms with Gasteiger partial charge in [0.2, 0.25) is 0 Å². The van der Waals surface area contributed by atoms with Gasteiger partial charge in [0.1, 0.15) is 0 Å². The number of hydrogen-bond acceptors (Lipinski definition) is 5. The maximum Gasteiger partial charge on any atom is 0.273 e. The maximum absolute atomic E-state index is 10.7. The molecule has 17 heavy (non-hydrogen) atoms. The second-order valence-corrected chi connectivity index (χ2v) is 4.53. The lowest BCUT2D eigenvalue weighted by atomic mass is 10.2. The number of non-ortho nitro benzene ring substituents is 1. The molecule has 0 heterocycles. The smallest absolute Gasteiger partial charge is 0.273 e. The predicted molar refractivity (Wildman–Crippen MR) is 74.1 cm³/mol. The fraction of sp³-hybridized carbons (Fsp3) is 0.455. The molecule has 0 unspecified atom stereocenters. The molecular weight excluding hydrogens is 238 g/mol. The Labute approximate surface area is 105 Å². The highest BCUT2D eigenvalue weighted by Crippen LogP contribution is 2.23. The van der Waals surface area contributed by atoms with Crippen LogP contribution in [0.15, 0.2) is 18.2 Å². The molecule has 0 radical (unpaired) electrons. The number of nitro groups is 1. The van der Waals surface area contributed by atoms with E-state index in [1.54, 1.807) is 24.9 Å². The van der Waals surface area contributed by atoms with E-state index in [0.717, 1.165) is 30.1 Å². The van der Waals surface area contributed by atoms with Crippen LogP contribution < -0.4 is 10.6 Å². The van der Waals surface area contributed by atoms with Gasteiger partial charge >= 0.3 is 0 Å². The van der Waals surface area contributed by atoms with Crippen molar-refractivity contribution in [3.05, 3.63) is 28.3 Å². The molecule has 0 bridgehead atoms. The lowest BCUT2D eigenvalue weighted by molar-refractivity contribution is -0.384. The third-order valence-electron chi connectivity index (χ3n) is 2.27. The number of nitrogens with one attached hydrogen (secondary N) is 2. The van der Waals surface area contributed by atoms with Crippen LogP contribution in [0.3, 0.4) is 0 Å². The summed E-state index contributed by atoms with van der Waals surface area (Å²) in [6.07, 6.45) is 3.10. The molecule has 0 fully saturated rings. The molecule has 0 aliphatic rings. The zero-order valence-corrected chi connectivity index (χ0v) is 10.8. The van der Waals surface area contributed by atoms with Gasteiger partial charge < -0.3 is 10.6 Å². The van der Waals surface area contributed by atoms with Crippen LogP contribution in [0, 0.1) is 10.1 Å². The van der Waals surface area contributed by atoms with E-state index in [9.17, 15) is 10.1 Å². The second kappa shape index (κ2) is 7.01. The van der Waals surface area contributed by atoms with Crippen molar-refractivity contribution in [2.45, 2.75) is 6.42 Å². The molecule has 0 aromatic heterocycles. The van der Waals surface area contributed by atoms with Gasteiger partial charge in [-0.05, 0) is 24.5 Å². The minimum atomic E-state index is -0.381. The van der Waals surface area contributed by atoms with Gasteiger partial charge in [-0.1, -0.05) is 0 Å². The minimum absolute atomic E-state index is 0.101. The van der Waals surface area contributed by atoms with Crippen molar-refractivity contribution in [2.24, 2.45) is 0 Å². The molecule has 1 aromatic rings. The van der Waals surface area contributed by atoms with Crippen LogP contribution in [0.5, 0.6) is 0 Å². The summed E-state index contributed by atoms with van der Waals surface area (Å²) in [6.45, 7) is 0.825. The lowest BCUT2D eigenvalue weighted by Crippen LogP contribution is -2.04. The van der Waals surface area contributed by atoms with Crippen LogP contribution in [0.2, 0.25) is 0 Å². The number of nitro benzene ring substituents is 1. The average molecular weight is 255 g/mol. The Balaban J connectivity index is 2.70. The fourth-order valence-electron chi connectivity index (χ4n) is 1.41. The Hall–Kier alpha value is -1.43. The zero-order valence-electron chi connectivity index (χ0n) is 10.0. The minimum Gasteiger partial charge on any atom is -0.388 e. The molecule has 5 nitrogen and oxygen atoms in total. The Morgan fingerprint density at radius 2 is 2.06 bits per heavy atom. The predicted octanol–water partition coefficient (Wildman–Crippen LogP) is 2.80. The number of rotatable bonds is 7. The monoisotopic (exact) mass is 255 g/mol. The summed E-state index contributed by atoms with van der Waals surface area (Å²) < 4.78 is 0. The standard InChI is InChI=1S/C11H17N3O2S/c1-12-9-6-10(13-4-3-5-17-2)8-11(7-9)14(15)16/h6-8,12-13H,3-5H2,1-2H3. The normalized spacial score (nSPS) is 10.0. The van der Waals surface area contributed by atoms with Gasteiger partial charge in [0, 0.05) is 37.1 Å². The number of nitrogens with zero attached hydrogens (tertiary/aromatic N) is 1. The molecule has 0 amide bonds. The van der Waals surface area contributed by atoms with Crippen LogP contribution in [0.1, 0.15) is 6.42 Å². The van der Waals surface area contributed by atoms with E-state index in [-0.39, 0.29) is 10.6 Å². The van der Waals surface area contributed by atoms with Crippen molar-refractivity contribution in [3.63, 3.8) is 0 Å². The fourth-order valence-corrected chi connectivity index (χ4v) is 1.85. The topological polar surface area (TPSA) is 67.2 Å². The summed E-state index contributed by atoms with van der Waals surface area (Å²) in [5.41, 5.74) is 1.63. The largest absolute Gasteiger partial charge is 0.388 e. The molecule has 0 saturated carbocycles.